The van der Waals surface area contributed by atoms with Gasteiger partial charge in [-0.2, -0.15) is 0 Å². The van der Waals surface area contributed by atoms with Gasteiger partial charge in [-0.1, -0.05) is 62.4 Å². The van der Waals surface area contributed by atoms with Crippen LogP contribution in [0.4, 0.5) is 0 Å². The van der Waals surface area contributed by atoms with Crippen molar-refractivity contribution < 1.29 is 38.2 Å². The predicted molar refractivity (Wildman–Crippen MR) is 174 cm³/mol. The van der Waals surface area contributed by atoms with Crippen molar-refractivity contribution in [1.29, 1.82) is 0 Å². The Morgan fingerprint density at radius 1 is 1.00 bits per heavy atom. The van der Waals surface area contributed by atoms with Crippen molar-refractivity contribution in [2.75, 3.05) is 14.2 Å². The Labute approximate surface area is 282 Å². The van der Waals surface area contributed by atoms with Crippen LogP contribution in [0.1, 0.15) is 37.8 Å². The van der Waals surface area contributed by atoms with Gasteiger partial charge in [0.2, 0.25) is 11.8 Å². The van der Waals surface area contributed by atoms with Crippen LogP contribution in [0.5, 0.6) is 0 Å². The molecule has 2 aromatic heterocycles. The van der Waals surface area contributed by atoms with Crippen molar-refractivity contribution in [3.8, 4) is 22.5 Å². The Morgan fingerprint density at radius 2 is 1.65 bits per heavy atom. The molecule has 1 aliphatic rings. The maximum Gasteiger partial charge on any atom is 1.00 e. The van der Waals surface area contributed by atoms with Gasteiger partial charge in [-0.3, -0.25) is 0 Å². The van der Waals surface area contributed by atoms with Gasteiger partial charge in [-0.05, 0) is 42.7 Å². The van der Waals surface area contributed by atoms with E-state index in [0.29, 0.717) is 30.6 Å². The molecule has 11 nitrogen and oxygen atoms in total. The van der Waals surface area contributed by atoms with Crippen LogP contribution in [-0.4, -0.2) is 69.6 Å². The SMILES string of the molecule is COC1=N[C@H](C(C)C)C(OC)=N[C@H]1CCc1ccccc1-c1cn(C)cn1.N[C@@H](CCc1ccccc1-c1cnc[nH]1)C(=O)[O-].[Li+]. The molecule has 3 atom stereocenters. The molecular formula is C34H42LiN7O4. The maximum atomic E-state index is 10.6. The van der Waals surface area contributed by atoms with Crippen LogP contribution in [0.25, 0.3) is 22.5 Å². The fourth-order valence-corrected chi connectivity index (χ4v) is 5.21. The Morgan fingerprint density at radius 3 is 2.22 bits per heavy atom. The van der Waals surface area contributed by atoms with Crippen LogP contribution < -0.4 is 29.7 Å². The fraction of sp³-hybridized carbons (Fsp3) is 0.382. The summed E-state index contributed by atoms with van der Waals surface area (Å²) in [4.78, 5) is 31.6. The van der Waals surface area contributed by atoms with Crippen molar-refractivity contribution in [3.63, 3.8) is 0 Å². The van der Waals surface area contributed by atoms with E-state index in [2.05, 4.69) is 47.0 Å². The summed E-state index contributed by atoms with van der Waals surface area (Å²) in [6.45, 7) is 4.22. The topological polar surface area (TPSA) is 156 Å². The number of aromatic nitrogens is 4. The maximum absolute atomic E-state index is 10.6. The minimum absolute atomic E-state index is 0. The van der Waals surface area contributed by atoms with Crippen molar-refractivity contribution >= 4 is 17.8 Å². The molecule has 0 spiro atoms. The number of H-pyrrole nitrogens is 1. The van der Waals surface area contributed by atoms with Crippen molar-refractivity contribution in [3.05, 3.63) is 84.7 Å². The van der Waals surface area contributed by atoms with E-state index in [1.807, 2.05) is 54.5 Å². The number of aliphatic carboxylic acids is 1. The first-order valence-electron chi connectivity index (χ1n) is 15.0. The molecule has 46 heavy (non-hydrogen) atoms. The fourth-order valence-electron chi connectivity index (χ4n) is 5.21. The number of rotatable bonds is 10. The molecule has 0 unspecified atom stereocenters. The van der Waals surface area contributed by atoms with Gasteiger partial charge in [0.25, 0.3) is 0 Å². The molecule has 12 heteroatoms. The zero-order chi connectivity index (χ0) is 32.3. The van der Waals surface area contributed by atoms with Crippen LogP contribution in [0, 0.1) is 5.92 Å². The van der Waals surface area contributed by atoms with E-state index in [0.717, 1.165) is 40.9 Å². The third-order valence-corrected chi connectivity index (χ3v) is 7.66. The van der Waals surface area contributed by atoms with Gasteiger partial charge in [0.1, 0.15) is 12.1 Å². The molecule has 0 bridgehead atoms. The molecule has 238 valence electrons. The van der Waals surface area contributed by atoms with Crippen molar-refractivity contribution in [2.45, 2.75) is 57.7 Å². The first-order chi connectivity index (χ1) is 21.7. The number of nitrogens with two attached hydrogens (primary N) is 1. The number of ether oxygens (including phenoxy) is 2. The molecule has 1 aliphatic heterocycles. The first kappa shape index (κ1) is 36.3. The third-order valence-electron chi connectivity index (χ3n) is 7.66. The summed E-state index contributed by atoms with van der Waals surface area (Å²) in [5, 5.41) is 10.6. The first-order valence-corrected chi connectivity index (χ1v) is 15.0. The van der Waals surface area contributed by atoms with E-state index in [1.54, 1.807) is 26.7 Å². The number of carboxylic acids is 1. The van der Waals surface area contributed by atoms with E-state index in [9.17, 15) is 9.90 Å². The standard InChI is InChI=1S/C21H28N4O2.C13H15N3O2.Li/c1-14(2)19-21(27-5)23-17(20(24-19)26-4)11-10-15-8-6-7-9-16(15)18-12-25(3)13-22-18;14-11(13(17)18)6-5-9-3-1-2-4-10(9)12-7-15-8-16-12;/h6-9,12-14,17,19H,10-11H2,1-5H3;1-4,7-8,11H,5-6,14H2,(H,15,16)(H,17,18);/q;;+1/p-1/t17-,19+;11-;/m00./s1. The smallest absolute Gasteiger partial charge is 0.548 e. The largest absolute Gasteiger partial charge is 1.00 e. The Bertz CT molecular complexity index is 1600. The third kappa shape index (κ3) is 9.42. The molecule has 0 saturated heterocycles. The molecule has 0 saturated carbocycles. The summed E-state index contributed by atoms with van der Waals surface area (Å²) in [6, 6.07) is 15.0. The van der Waals surface area contributed by atoms with Crippen molar-refractivity contribution in [2.24, 2.45) is 28.7 Å². The number of aromatic amines is 1. The van der Waals surface area contributed by atoms with Gasteiger partial charge in [0.15, 0.2) is 0 Å². The summed E-state index contributed by atoms with van der Waals surface area (Å²) >= 11 is 0. The average molecular weight is 620 g/mol. The van der Waals surface area contributed by atoms with Crippen molar-refractivity contribution in [1.82, 2.24) is 19.5 Å². The molecule has 3 N–H and O–H groups in total. The van der Waals surface area contributed by atoms with Crippen LogP contribution in [0.2, 0.25) is 0 Å². The van der Waals surface area contributed by atoms with Crippen LogP contribution in [-0.2, 0) is 34.2 Å². The monoisotopic (exact) mass is 619 g/mol. The Hall–Kier alpha value is -4.17. The van der Waals surface area contributed by atoms with Gasteiger partial charge in [-0.25, -0.2) is 20.0 Å². The minimum Gasteiger partial charge on any atom is -0.548 e. The number of aliphatic imine (C=N–C) groups is 2. The molecule has 5 rings (SSSR count). The van der Waals surface area contributed by atoms with E-state index in [1.165, 1.54) is 5.56 Å². The number of benzene rings is 2. The second kappa shape index (κ2) is 17.5. The molecule has 0 aliphatic carbocycles. The number of nitrogens with one attached hydrogen (secondary N) is 1. The molecule has 2 aromatic carbocycles. The second-order valence-electron chi connectivity index (χ2n) is 11.3. The Kier molecular flexibility index (Phi) is 13.8. The number of carbonyl (C=O) groups excluding carboxylic acids is 1. The summed E-state index contributed by atoms with van der Waals surface area (Å²) in [5.74, 6) is 0.465. The number of hydrogen-bond acceptors (Lipinski definition) is 9. The van der Waals surface area contributed by atoms with Gasteiger partial charge in [0.05, 0.1) is 50.4 Å². The number of hydrogen-bond donors (Lipinski definition) is 2. The zero-order valence-corrected chi connectivity index (χ0v) is 27.5. The summed E-state index contributed by atoms with van der Waals surface area (Å²) in [7, 11) is 5.31. The van der Waals surface area contributed by atoms with E-state index < -0.39 is 12.0 Å². The van der Waals surface area contributed by atoms with Crippen LogP contribution in [0.15, 0.2) is 83.6 Å². The molecular weight excluding hydrogens is 577 g/mol. The number of nitrogens with zero attached hydrogens (tertiary/aromatic N) is 5. The van der Waals surface area contributed by atoms with E-state index in [-0.39, 0.29) is 30.9 Å². The minimum atomic E-state index is -1.21. The quantitative estimate of drug-likeness (QED) is 0.246. The summed E-state index contributed by atoms with van der Waals surface area (Å²) in [6.07, 6.45) is 9.80. The Balaban J connectivity index is 0.000000265. The summed E-state index contributed by atoms with van der Waals surface area (Å²) < 4.78 is 13.0. The van der Waals surface area contributed by atoms with Gasteiger partial charge >= 0.3 is 18.9 Å². The summed E-state index contributed by atoms with van der Waals surface area (Å²) in [5.41, 5.74) is 11.8. The molecule has 3 heterocycles. The van der Waals surface area contributed by atoms with Crippen LogP contribution in [0.3, 0.4) is 0 Å². The van der Waals surface area contributed by atoms with Crippen LogP contribution >= 0.6 is 0 Å². The molecule has 0 amide bonds. The van der Waals surface area contributed by atoms with E-state index >= 15 is 0 Å². The van der Waals surface area contributed by atoms with Gasteiger partial charge < -0.3 is 34.7 Å². The van der Waals surface area contributed by atoms with Gasteiger partial charge in [0, 0.05) is 30.4 Å². The second-order valence-corrected chi connectivity index (χ2v) is 11.3. The molecule has 4 aromatic rings. The molecule has 0 radical (unpaired) electrons. The number of aryl methyl sites for hydroxylation is 3. The van der Waals surface area contributed by atoms with E-state index in [4.69, 9.17) is 25.2 Å². The molecule has 0 fully saturated rings. The number of carboxylic acid groups (broad SMARTS) is 1. The van der Waals surface area contributed by atoms with Gasteiger partial charge in [-0.15, -0.1) is 0 Å². The normalized spacial score (nSPS) is 16.3. The number of imidazole rings is 2. The zero-order valence-electron chi connectivity index (χ0n) is 27.5. The average Bonchev–Trinajstić information content (AvgIpc) is 3.75. The predicted octanol–water partition coefficient (Wildman–Crippen LogP) is 0.607. The number of methoxy groups -OCH3 is 2. The number of carbonyl (C=O) groups is 1.